The van der Waals surface area contributed by atoms with Crippen LogP contribution in [0.5, 0.6) is 0 Å². The Kier molecular flexibility index (Phi) is 12.2. The Morgan fingerprint density at radius 1 is 1.55 bits per heavy atom. The third-order valence-corrected chi connectivity index (χ3v) is 0.495. The number of nitroso groups, excluding NO2 is 1. The second-order valence-electron chi connectivity index (χ2n) is 1.05. The normalized spacial score (nSPS) is 10.8. The van der Waals surface area contributed by atoms with Crippen LogP contribution in [-0.2, 0) is 15.9 Å². The van der Waals surface area contributed by atoms with Gasteiger partial charge in [-0.25, -0.2) is 0 Å². The summed E-state index contributed by atoms with van der Waals surface area (Å²) >= 11 is -0.106. The van der Waals surface area contributed by atoms with Crippen molar-refractivity contribution in [3.8, 4) is 0 Å². The van der Waals surface area contributed by atoms with Crippen molar-refractivity contribution in [1.82, 2.24) is 5.48 Å². The van der Waals surface area contributed by atoms with Crippen LogP contribution in [0.3, 0.4) is 0 Å². The third kappa shape index (κ3) is 9.94. The first-order chi connectivity index (χ1) is 5.13. The number of hydrogen-bond acceptors (Lipinski definition) is 6. The fourth-order valence-corrected chi connectivity index (χ4v) is 0.106. The second-order valence-corrected chi connectivity index (χ2v) is 3.41. The molecule has 0 aromatic carbocycles. The molecule has 0 spiro atoms. The Morgan fingerprint density at radius 2 is 1.91 bits per heavy atom. The van der Waals surface area contributed by atoms with E-state index in [9.17, 15) is 4.91 Å². The first kappa shape index (κ1) is 13.5. The van der Waals surface area contributed by atoms with Crippen molar-refractivity contribution in [2.45, 2.75) is 0 Å². The van der Waals surface area contributed by atoms with Crippen LogP contribution in [0.2, 0.25) is 0 Å². The molecule has 0 aromatic heterocycles. The van der Waals surface area contributed by atoms with Crippen LogP contribution in [0.1, 0.15) is 0 Å². The van der Waals surface area contributed by atoms with E-state index in [4.69, 9.17) is 35.7 Å². The predicted octanol–water partition coefficient (Wildman–Crippen LogP) is 0.152. The van der Waals surface area contributed by atoms with Crippen molar-refractivity contribution in [2.24, 2.45) is 16.6 Å². The van der Waals surface area contributed by atoms with Crippen molar-refractivity contribution in [3.05, 3.63) is 16.5 Å². The van der Waals surface area contributed by atoms with E-state index in [1.54, 1.807) is 0 Å². The van der Waals surface area contributed by atoms with Gasteiger partial charge in [-0.3, -0.25) is 10.7 Å². The van der Waals surface area contributed by atoms with Crippen molar-refractivity contribution >= 4 is 19.1 Å². The van der Waals surface area contributed by atoms with Crippen LogP contribution in [-0.4, -0.2) is 5.21 Å². The van der Waals surface area contributed by atoms with Crippen molar-refractivity contribution in [3.63, 3.8) is 0 Å². The summed E-state index contributed by atoms with van der Waals surface area (Å²) in [4.78, 5) is 9.44. The monoisotopic (exact) mass is 294 g/mol. The molecule has 0 amide bonds. The van der Waals surface area contributed by atoms with Gasteiger partial charge in [-0.05, 0) is 5.18 Å². The topological polar surface area (TPSA) is 114 Å². The maximum absolute atomic E-state index is 9.44. The zero-order valence-corrected chi connectivity index (χ0v) is 8.10. The van der Waals surface area contributed by atoms with Crippen molar-refractivity contribution < 1.29 is 21.1 Å². The molecule has 9 heteroatoms. The van der Waals surface area contributed by atoms with Gasteiger partial charge in [0.15, 0.2) is 5.82 Å². The quantitative estimate of drug-likeness (QED) is 0.329. The van der Waals surface area contributed by atoms with Gasteiger partial charge in [-0.2, -0.15) is 0 Å². The van der Waals surface area contributed by atoms with Crippen molar-refractivity contribution in [1.29, 1.82) is 0 Å². The molecule has 0 bridgehead atoms. The van der Waals surface area contributed by atoms with Gasteiger partial charge in [-0.15, -0.1) is 4.91 Å². The van der Waals surface area contributed by atoms with Crippen LogP contribution in [0.25, 0.3) is 0 Å². The zero-order valence-electron chi connectivity index (χ0n) is 5.03. The van der Waals surface area contributed by atoms with E-state index < -0.39 is 5.82 Å². The Balaban J connectivity index is 0. The average Bonchev–Trinajstić information content (AvgIpc) is 2.03. The molecular formula is C2H6Cl2N4O2Pd. The molecule has 70 valence electrons. The predicted molar refractivity (Wildman–Crippen MR) is 37.8 cm³/mol. The number of nitrogens with two attached hydrogens (primary N) is 2. The molecule has 6 nitrogen and oxygen atoms in total. The van der Waals surface area contributed by atoms with Crippen LogP contribution < -0.4 is 16.9 Å². The zero-order chi connectivity index (χ0) is 9.28. The molecule has 0 unspecified atom stereocenters. The molecule has 0 aliphatic rings. The Morgan fingerprint density at radius 3 is 2.00 bits per heavy atom. The van der Waals surface area contributed by atoms with E-state index in [-0.39, 0.29) is 21.8 Å². The molecule has 0 heterocycles. The summed E-state index contributed by atoms with van der Waals surface area (Å²) in [7, 11) is 9.63. The van der Waals surface area contributed by atoms with Gasteiger partial charge >= 0.3 is 35.0 Å². The summed E-state index contributed by atoms with van der Waals surface area (Å²) in [6.45, 7) is 0. The molecule has 0 aromatic rings. The van der Waals surface area contributed by atoms with Gasteiger partial charge in [0.25, 0.3) is 0 Å². The Hall–Kier alpha value is -0.0577. The van der Waals surface area contributed by atoms with Gasteiger partial charge in [0.2, 0.25) is 5.82 Å². The summed E-state index contributed by atoms with van der Waals surface area (Å²) in [6, 6.07) is 0. The van der Waals surface area contributed by atoms with E-state index in [1.807, 2.05) is 0 Å². The number of hydroxylamine groups is 1. The molecule has 0 aliphatic carbocycles. The molecule has 0 fully saturated rings. The fourth-order valence-electron chi connectivity index (χ4n) is 0.106. The van der Waals surface area contributed by atoms with E-state index in [1.165, 1.54) is 5.48 Å². The summed E-state index contributed by atoms with van der Waals surface area (Å²) in [6.07, 6.45) is 0. The molecule has 0 atom stereocenters. The SMILES string of the molecule is N/C(N=O)=C(\N)NO.[Cl][Pd][Cl]. The first-order valence-corrected chi connectivity index (χ1v) is 5.95. The molecule has 0 aliphatic heterocycles. The number of hydrogen-bond donors (Lipinski definition) is 4. The molecule has 0 saturated carbocycles. The Labute approximate surface area is 78.9 Å². The molecule has 11 heavy (non-hydrogen) atoms. The van der Waals surface area contributed by atoms with Crippen LogP contribution in [0.15, 0.2) is 16.8 Å². The maximum atomic E-state index is 9.44. The minimum absolute atomic E-state index is 0.106. The van der Waals surface area contributed by atoms with Crippen LogP contribution in [0.4, 0.5) is 0 Å². The number of halogens is 2. The van der Waals surface area contributed by atoms with Gasteiger partial charge in [0.05, 0.1) is 0 Å². The van der Waals surface area contributed by atoms with Crippen LogP contribution >= 0.6 is 19.1 Å². The van der Waals surface area contributed by atoms with E-state index in [2.05, 4.69) is 5.18 Å². The second kappa shape index (κ2) is 9.94. The van der Waals surface area contributed by atoms with Gasteiger partial charge < -0.3 is 11.5 Å². The van der Waals surface area contributed by atoms with E-state index in [0.717, 1.165) is 0 Å². The molecular weight excluding hydrogens is 289 g/mol. The summed E-state index contributed by atoms with van der Waals surface area (Å²) in [5.41, 5.74) is 11.1. The van der Waals surface area contributed by atoms with Gasteiger partial charge in [0.1, 0.15) is 0 Å². The third-order valence-electron chi connectivity index (χ3n) is 0.495. The van der Waals surface area contributed by atoms with Crippen LogP contribution in [0, 0.1) is 4.91 Å². The standard InChI is InChI=1S/C2H6N4O2.2ClH.Pd/c3-1(5-7)2(4)6-8;;;/h5,7H,3-4H2;2*1H;/q;;;+2/p-2/b2-1-;;;. The number of rotatable bonds is 2. The van der Waals surface area contributed by atoms with Crippen molar-refractivity contribution in [2.75, 3.05) is 0 Å². The van der Waals surface area contributed by atoms with Gasteiger partial charge in [0, 0.05) is 0 Å². The van der Waals surface area contributed by atoms with E-state index >= 15 is 0 Å². The first-order valence-electron chi connectivity index (χ1n) is 1.95. The molecule has 0 rings (SSSR count). The van der Waals surface area contributed by atoms with E-state index in [0.29, 0.717) is 0 Å². The average molecular weight is 295 g/mol. The molecule has 6 N–H and O–H groups in total. The summed E-state index contributed by atoms with van der Waals surface area (Å²) < 4.78 is 0. The molecule has 0 radical (unpaired) electrons. The fraction of sp³-hybridized carbons (Fsp3) is 0. The molecule has 0 saturated heterocycles. The summed E-state index contributed by atoms with van der Waals surface area (Å²) in [5, 5.41) is 10.1. The van der Waals surface area contributed by atoms with Gasteiger partial charge in [-0.1, -0.05) is 0 Å². The summed E-state index contributed by atoms with van der Waals surface area (Å²) in [5.74, 6) is -0.812. The number of nitrogens with one attached hydrogen (secondary N) is 1. The number of nitrogens with zero attached hydrogens (tertiary/aromatic N) is 1. The Bertz CT molecular complexity index is 142. The minimum atomic E-state index is -0.465.